The number of hydrogen-bond donors (Lipinski definition) is 2. The molecule has 0 spiro atoms. The molecule has 1 fully saturated rings. The molecule has 0 heterocycles. The maximum atomic E-state index is 12.5. The summed E-state index contributed by atoms with van der Waals surface area (Å²) in [5.41, 5.74) is 5.05. The van der Waals surface area contributed by atoms with Crippen molar-refractivity contribution in [3.05, 3.63) is 71.3 Å². The zero-order valence-corrected chi connectivity index (χ0v) is 18.5. The average Bonchev–Trinajstić information content (AvgIpc) is 3.10. The third-order valence-corrected chi connectivity index (χ3v) is 8.01. The van der Waals surface area contributed by atoms with Gasteiger partial charge in [-0.3, -0.25) is 0 Å². The van der Waals surface area contributed by atoms with Gasteiger partial charge < -0.3 is 15.2 Å². The summed E-state index contributed by atoms with van der Waals surface area (Å²) in [6.07, 6.45) is 3.85. The van der Waals surface area contributed by atoms with E-state index in [0.29, 0.717) is 11.8 Å². The summed E-state index contributed by atoms with van der Waals surface area (Å²) in [5.74, 6) is 1.14. The lowest BCUT2D eigenvalue weighted by Gasteiger charge is -2.58. The largest absolute Gasteiger partial charge is 0.449 e. The molecule has 0 saturated heterocycles. The van der Waals surface area contributed by atoms with Crippen molar-refractivity contribution < 1.29 is 14.6 Å². The SMILES string of the molecule is CC(O)(CNC(=O)OCC1c2ccccc2-c2ccccc21)C1=CCC2CC1C2(C)C. The first-order valence-electron chi connectivity index (χ1n) is 11.3. The van der Waals surface area contributed by atoms with Crippen LogP contribution in [0.25, 0.3) is 11.1 Å². The molecule has 2 bridgehead atoms. The van der Waals surface area contributed by atoms with Crippen LogP contribution in [0.1, 0.15) is 50.7 Å². The van der Waals surface area contributed by atoms with Crippen LogP contribution in [0.3, 0.4) is 0 Å². The summed E-state index contributed by atoms with van der Waals surface area (Å²) in [6, 6.07) is 16.6. The van der Waals surface area contributed by atoms with Crippen LogP contribution < -0.4 is 5.32 Å². The molecule has 0 aliphatic heterocycles. The quantitative estimate of drug-likeness (QED) is 0.652. The van der Waals surface area contributed by atoms with E-state index in [1.807, 2.05) is 24.3 Å². The lowest BCUT2D eigenvalue weighted by Crippen LogP contribution is -2.54. The van der Waals surface area contributed by atoms with E-state index in [-0.39, 0.29) is 24.5 Å². The molecule has 1 saturated carbocycles. The first-order chi connectivity index (χ1) is 14.8. The second-order valence-corrected chi connectivity index (χ2v) is 10.2. The van der Waals surface area contributed by atoms with E-state index in [1.165, 1.54) is 22.3 Å². The Labute approximate surface area is 184 Å². The zero-order valence-electron chi connectivity index (χ0n) is 18.5. The number of carbonyl (C=O) groups is 1. The highest BCUT2D eigenvalue weighted by molar-refractivity contribution is 5.79. The minimum absolute atomic E-state index is 0.0347. The minimum atomic E-state index is -1.06. The van der Waals surface area contributed by atoms with Crippen LogP contribution >= 0.6 is 0 Å². The van der Waals surface area contributed by atoms with Crippen LogP contribution in [0.2, 0.25) is 0 Å². The van der Waals surface area contributed by atoms with Crippen LogP contribution in [0, 0.1) is 17.3 Å². The predicted molar refractivity (Wildman–Crippen MR) is 122 cm³/mol. The van der Waals surface area contributed by atoms with E-state index in [9.17, 15) is 9.90 Å². The Morgan fingerprint density at radius 1 is 1.13 bits per heavy atom. The molecule has 4 heteroatoms. The van der Waals surface area contributed by atoms with Gasteiger partial charge >= 0.3 is 6.09 Å². The van der Waals surface area contributed by atoms with Crippen molar-refractivity contribution in [3.8, 4) is 11.1 Å². The number of rotatable bonds is 5. The Morgan fingerprint density at radius 3 is 2.32 bits per heavy atom. The number of amides is 1. The van der Waals surface area contributed by atoms with Crippen molar-refractivity contribution in [2.45, 2.75) is 45.1 Å². The van der Waals surface area contributed by atoms with Crippen molar-refractivity contribution >= 4 is 6.09 Å². The van der Waals surface area contributed by atoms with E-state index in [2.05, 4.69) is 49.5 Å². The fourth-order valence-corrected chi connectivity index (χ4v) is 5.95. The van der Waals surface area contributed by atoms with Gasteiger partial charge in [0.15, 0.2) is 0 Å². The number of alkyl carbamates (subject to hydrolysis) is 1. The smallest absolute Gasteiger partial charge is 0.407 e. The molecule has 2 aromatic carbocycles. The number of nitrogens with one attached hydrogen (secondary N) is 1. The molecule has 4 aliphatic rings. The summed E-state index contributed by atoms with van der Waals surface area (Å²) in [4.78, 5) is 12.5. The molecule has 2 N–H and O–H groups in total. The standard InChI is InChI=1S/C27H31NO3/c1-26(2)17-12-13-23(24(26)14-17)27(3,30)16-28-25(29)31-15-22-20-10-6-4-8-18(20)19-9-5-7-11-21(19)22/h4-11,13,17,22,24,30H,12,14-16H2,1-3H3,(H,28,29). The first-order valence-corrected chi connectivity index (χ1v) is 11.3. The highest BCUT2D eigenvalue weighted by atomic mass is 16.5. The molecule has 3 atom stereocenters. The Kier molecular flexibility index (Phi) is 4.74. The van der Waals surface area contributed by atoms with E-state index < -0.39 is 11.7 Å². The Bertz CT molecular complexity index is 1010. The molecule has 2 aromatic rings. The van der Waals surface area contributed by atoms with Gasteiger partial charge in [-0.15, -0.1) is 0 Å². The second-order valence-electron chi connectivity index (χ2n) is 10.2. The predicted octanol–water partition coefficient (Wildman–Crippen LogP) is 5.27. The fourth-order valence-electron chi connectivity index (χ4n) is 5.95. The van der Waals surface area contributed by atoms with Crippen molar-refractivity contribution in [1.82, 2.24) is 5.32 Å². The first kappa shape index (κ1) is 20.3. The number of fused-ring (bicyclic) bond motifs is 4. The van der Waals surface area contributed by atoms with Crippen LogP contribution in [0.5, 0.6) is 0 Å². The summed E-state index contributed by atoms with van der Waals surface area (Å²) >= 11 is 0. The van der Waals surface area contributed by atoms with Gasteiger partial charge in [-0.05, 0) is 64.8 Å². The molecule has 6 rings (SSSR count). The maximum Gasteiger partial charge on any atom is 0.407 e. The van der Waals surface area contributed by atoms with Crippen molar-refractivity contribution in [3.63, 3.8) is 0 Å². The molecular weight excluding hydrogens is 386 g/mol. The summed E-state index contributed by atoms with van der Waals surface area (Å²) < 4.78 is 5.62. The normalized spacial score (nSPS) is 24.8. The molecule has 31 heavy (non-hydrogen) atoms. The third kappa shape index (κ3) is 3.28. The van der Waals surface area contributed by atoms with Gasteiger partial charge in [0.1, 0.15) is 12.2 Å². The number of carbonyl (C=O) groups excluding carboxylic acids is 1. The molecule has 162 valence electrons. The van der Waals surface area contributed by atoms with Crippen LogP contribution in [-0.4, -0.2) is 30.0 Å². The third-order valence-electron chi connectivity index (χ3n) is 8.01. The molecule has 0 radical (unpaired) electrons. The summed E-state index contributed by atoms with van der Waals surface area (Å²) in [7, 11) is 0. The average molecular weight is 418 g/mol. The number of hydrogen-bond acceptors (Lipinski definition) is 3. The van der Waals surface area contributed by atoms with E-state index in [4.69, 9.17) is 4.74 Å². The molecule has 3 unspecified atom stereocenters. The van der Waals surface area contributed by atoms with Gasteiger partial charge in [-0.2, -0.15) is 0 Å². The minimum Gasteiger partial charge on any atom is -0.449 e. The summed E-state index contributed by atoms with van der Waals surface area (Å²) in [5, 5.41) is 13.9. The molecule has 4 nitrogen and oxygen atoms in total. The van der Waals surface area contributed by atoms with Gasteiger partial charge in [0.05, 0.1) is 6.54 Å². The van der Waals surface area contributed by atoms with Crippen molar-refractivity contribution in [2.24, 2.45) is 17.3 Å². The second kappa shape index (κ2) is 7.23. The zero-order chi connectivity index (χ0) is 21.8. The lowest BCUT2D eigenvalue weighted by molar-refractivity contribution is -0.0393. The monoisotopic (exact) mass is 417 g/mol. The number of allylic oxidation sites excluding steroid dienone is 1. The lowest BCUT2D eigenvalue weighted by atomic mass is 9.47. The number of aliphatic hydroxyl groups is 1. The van der Waals surface area contributed by atoms with Crippen molar-refractivity contribution in [2.75, 3.05) is 13.2 Å². The molecule has 4 aliphatic carbocycles. The van der Waals surface area contributed by atoms with Gasteiger partial charge in [-0.1, -0.05) is 68.5 Å². The van der Waals surface area contributed by atoms with E-state index >= 15 is 0 Å². The van der Waals surface area contributed by atoms with Gasteiger partial charge in [0.2, 0.25) is 0 Å². The Balaban J connectivity index is 1.22. The van der Waals surface area contributed by atoms with Crippen LogP contribution in [0.15, 0.2) is 60.2 Å². The Hall–Kier alpha value is -2.59. The molecular formula is C27H31NO3. The van der Waals surface area contributed by atoms with Crippen LogP contribution in [0.4, 0.5) is 4.79 Å². The molecule has 1 amide bonds. The van der Waals surface area contributed by atoms with Gasteiger partial charge in [0, 0.05) is 5.92 Å². The van der Waals surface area contributed by atoms with E-state index in [0.717, 1.165) is 18.4 Å². The Morgan fingerprint density at radius 2 is 1.74 bits per heavy atom. The van der Waals surface area contributed by atoms with Gasteiger partial charge in [0.25, 0.3) is 0 Å². The fraction of sp³-hybridized carbons (Fsp3) is 0.444. The maximum absolute atomic E-state index is 12.5. The highest BCUT2D eigenvalue weighted by Gasteiger charge is 2.54. The highest BCUT2D eigenvalue weighted by Crippen LogP contribution is 2.60. The number of benzene rings is 2. The van der Waals surface area contributed by atoms with Gasteiger partial charge in [-0.25, -0.2) is 4.79 Å². The topological polar surface area (TPSA) is 58.6 Å². The number of ether oxygens (including phenoxy) is 1. The summed E-state index contributed by atoms with van der Waals surface area (Å²) in [6.45, 7) is 6.81. The van der Waals surface area contributed by atoms with Crippen LogP contribution in [-0.2, 0) is 4.74 Å². The van der Waals surface area contributed by atoms with E-state index in [1.54, 1.807) is 6.92 Å². The molecule has 0 aromatic heterocycles. The van der Waals surface area contributed by atoms with Crippen molar-refractivity contribution in [1.29, 1.82) is 0 Å².